The van der Waals surface area contributed by atoms with Gasteiger partial charge < -0.3 is 4.90 Å². The minimum absolute atomic E-state index is 0.0355. The van der Waals surface area contributed by atoms with E-state index in [0.29, 0.717) is 18.7 Å². The number of aryl methyl sites for hydroxylation is 1. The van der Waals surface area contributed by atoms with Crippen molar-refractivity contribution in [3.63, 3.8) is 0 Å². The van der Waals surface area contributed by atoms with Crippen LogP contribution in [0.5, 0.6) is 0 Å². The molecule has 8 heteroatoms. The van der Waals surface area contributed by atoms with Crippen molar-refractivity contribution in [3.8, 4) is 0 Å². The number of carbonyl (C=O) groups excluding carboxylic acids is 1. The second-order valence-corrected chi connectivity index (χ2v) is 5.63. The predicted octanol–water partition coefficient (Wildman–Crippen LogP) is 0.505. The molecule has 1 aliphatic heterocycles. The van der Waals surface area contributed by atoms with E-state index in [1.807, 2.05) is 4.90 Å². The summed E-state index contributed by atoms with van der Waals surface area (Å²) in [4.78, 5) is 29.3. The van der Waals surface area contributed by atoms with Gasteiger partial charge in [-0.25, -0.2) is 15.0 Å². The van der Waals surface area contributed by atoms with Crippen molar-refractivity contribution in [2.45, 2.75) is 26.3 Å². The van der Waals surface area contributed by atoms with E-state index in [1.54, 1.807) is 6.20 Å². The molecular formula is C15H21N7O. The molecule has 1 N–H and O–H groups in total. The number of aromatic amines is 1. The molecular weight excluding hydrogens is 294 g/mol. The molecule has 3 rings (SSSR count). The van der Waals surface area contributed by atoms with Gasteiger partial charge in [-0.1, -0.05) is 13.3 Å². The number of hydrogen-bond donors (Lipinski definition) is 1. The molecule has 23 heavy (non-hydrogen) atoms. The maximum atomic E-state index is 12.7. The van der Waals surface area contributed by atoms with Gasteiger partial charge in [0.05, 0.1) is 17.8 Å². The molecule has 122 valence electrons. The molecule has 0 bridgehead atoms. The molecule has 1 fully saturated rings. The number of nitrogens with one attached hydrogen (secondary N) is 1. The summed E-state index contributed by atoms with van der Waals surface area (Å²) in [5.41, 5.74) is 1.48. The Labute approximate surface area is 135 Å². The number of amides is 1. The second kappa shape index (κ2) is 7.28. The molecule has 3 heterocycles. The molecule has 8 nitrogen and oxygen atoms in total. The van der Waals surface area contributed by atoms with Gasteiger partial charge >= 0.3 is 0 Å². The molecule has 0 spiro atoms. The molecule has 0 aromatic carbocycles. The van der Waals surface area contributed by atoms with Crippen molar-refractivity contribution < 1.29 is 4.79 Å². The fraction of sp³-hybridized carbons (Fsp3) is 0.533. The first kappa shape index (κ1) is 15.5. The Hall–Kier alpha value is -2.35. The molecule has 0 unspecified atom stereocenters. The highest BCUT2D eigenvalue weighted by atomic mass is 16.2. The van der Waals surface area contributed by atoms with Crippen LogP contribution in [-0.2, 0) is 13.0 Å². The monoisotopic (exact) mass is 315 g/mol. The van der Waals surface area contributed by atoms with Crippen LogP contribution in [0.2, 0.25) is 0 Å². The van der Waals surface area contributed by atoms with Gasteiger partial charge in [0, 0.05) is 32.4 Å². The number of nitrogens with zero attached hydrogens (tertiary/aromatic N) is 6. The Morgan fingerprint density at radius 3 is 2.74 bits per heavy atom. The SMILES string of the molecule is CCCc1ncncc1C(=O)N1CCN(Cc2ncn[nH]2)CC1. The molecule has 0 saturated carbocycles. The molecule has 2 aromatic rings. The summed E-state index contributed by atoms with van der Waals surface area (Å²) < 4.78 is 0. The average molecular weight is 315 g/mol. The summed E-state index contributed by atoms with van der Waals surface area (Å²) in [5.74, 6) is 0.889. The Balaban J connectivity index is 1.60. The summed E-state index contributed by atoms with van der Waals surface area (Å²) in [6, 6.07) is 0. The van der Waals surface area contributed by atoms with Crippen molar-refractivity contribution in [2.75, 3.05) is 26.2 Å². The highest BCUT2D eigenvalue weighted by Gasteiger charge is 2.24. The second-order valence-electron chi connectivity index (χ2n) is 5.63. The van der Waals surface area contributed by atoms with Crippen molar-refractivity contribution >= 4 is 5.91 Å². The predicted molar refractivity (Wildman–Crippen MR) is 83.6 cm³/mol. The first-order valence-electron chi connectivity index (χ1n) is 7.92. The summed E-state index contributed by atoms with van der Waals surface area (Å²) in [5, 5.41) is 6.72. The van der Waals surface area contributed by atoms with Crippen LogP contribution in [0.1, 0.15) is 35.2 Å². The van der Waals surface area contributed by atoms with Gasteiger partial charge in [0.2, 0.25) is 0 Å². The van der Waals surface area contributed by atoms with Crippen LogP contribution in [0, 0.1) is 0 Å². The molecule has 1 aliphatic rings. The highest BCUT2D eigenvalue weighted by molar-refractivity contribution is 5.95. The van der Waals surface area contributed by atoms with E-state index in [2.05, 4.69) is 37.0 Å². The summed E-state index contributed by atoms with van der Waals surface area (Å²) >= 11 is 0. The minimum Gasteiger partial charge on any atom is -0.336 e. The Morgan fingerprint density at radius 2 is 2.04 bits per heavy atom. The van der Waals surface area contributed by atoms with Crippen molar-refractivity contribution in [1.29, 1.82) is 0 Å². The molecule has 1 saturated heterocycles. The van der Waals surface area contributed by atoms with Crippen molar-refractivity contribution in [3.05, 3.63) is 35.9 Å². The number of carbonyl (C=O) groups is 1. The zero-order chi connectivity index (χ0) is 16.1. The van der Waals surface area contributed by atoms with Gasteiger partial charge in [-0.2, -0.15) is 5.10 Å². The van der Waals surface area contributed by atoms with Gasteiger partial charge in [-0.05, 0) is 6.42 Å². The fourth-order valence-electron chi connectivity index (χ4n) is 2.77. The van der Waals surface area contributed by atoms with Crippen LogP contribution in [0.3, 0.4) is 0 Å². The summed E-state index contributed by atoms with van der Waals surface area (Å²) in [6.07, 6.45) is 6.43. The van der Waals surface area contributed by atoms with Crippen molar-refractivity contribution in [2.24, 2.45) is 0 Å². The number of piperazine rings is 1. The standard InChI is InChI=1S/C15H21N7O/c1-2-3-13-12(8-16-10-17-13)15(23)22-6-4-21(5-7-22)9-14-18-11-19-20-14/h8,10-11H,2-7,9H2,1H3,(H,18,19,20). The summed E-state index contributed by atoms with van der Waals surface area (Å²) in [6.45, 7) is 5.86. The first-order valence-corrected chi connectivity index (χ1v) is 7.92. The third-order valence-electron chi connectivity index (χ3n) is 4.01. The minimum atomic E-state index is 0.0355. The van der Waals surface area contributed by atoms with Crippen LogP contribution in [0.25, 0.3) is 0 Å². The van der Waals surface area contributed by atoms with Gasteiger partial charge in [0.25, 0.3) is 5.91 Å². The molecule has 0 aliphatic carbocycles. The zero-order valence-corrected chi connectivity index (χ0v) is 13.3. The van der Waals surface area contributed by atoms with E-state index in [4.69, 9.17) is 0 Å². The van der Waals surface area contributed by atoms with Crippen LogP contribution in [0.4, 0.5) is 0 Å². The maximum Gasteiger partial charge on any atom is 0.257 e. The fourth-order valence-corrected chi connectivity index (χ4v) is 2.77. The number of rotatable bonds is 5. The Morgan fingerprint density at radius 1 is 1.22 bits per heavy atom. The Kier molecular flexibility index (Phi) is 4.92. The lowest BCUT2D eigenvalue weighted by molar-refractivity contribution is 0.0623. The molecule has 0 atom stereocenters. The van der Waals surface area contributed by atoms with E-state index in [9.17, 15) is 4.79 Å². The smallest absolute Gasteiger partial charge is 0.257 e. The van der Waals surface area contributed by atoms with Crippen LogP contribution in [-0.4, -0.2) is 67.0 Å². The van der Waals surface area contributed by atoms with Gasteiger partial charge in [-0.15, -0.1) is 0 Å². The lowest BCUT2D eigenvalue weighted by Gasteiger charge is -2.34. The quantitative estimate of drug-likeness (QED) is 0.864. The van der Waals surface area contributed by atoms with E-state index in [0.717, 1.165) is 44.0 Å². The third kappa shape index (κ3) is 3.70. The zero-order valence-electron chi connectivity index (χ0n) is 13.3. The van der Waals surface area contributed by atoms with E-state index in [-0.39, 0.29) is 5.91 Å². The van der Waals surface area contributed by atoms with Crippen molar-refractivity contribution in [1.82, 2.24) is 34.9 Å². The first-order chi connectivity index (χ1) is 11.3. The van der Waals surface area contributed by atoms with Gasteiger partial charge in [-0.3, -0.25) is 14.8 Å². The maximum absolute atomic E-state index is 12.7. The average Bonchev–Trinajstić information content (AvgIpc) is 3.09. The van der Waals surface area contributed by atoms with Crippen LogP contribution in [0.15, 0.2) is 18.9 Å². The topological polar surface area (TPSA) is 90.9 Å². The number of aromatic nitrogens is 5. The summed E-state index contributed by atoms with van der Waals surface area (Å²) in [7, 11) is 0. The van der Waals surface area contributed by atoms with E-state index in [1.165, 1.54) is 12.7 Å². The van der Waals surface area contributed by atoms with E-state index < -0.39 is 0 Å². The molecule has 2 aromatic heterocycles. The number of H-pyrrole nitrogens is 1. The molecule has 0 radical (unpaired) electrons. The highest BCUT2D eigenvalue weighted by Crippen LogP contribution is 2.13. The normalized spacial score (nSPS) is 15.8. The lowest BCUT2D eigenvalue weighted by Crippen LogP contribution is -2.48. The Bertz CT molecular complexity index is 635. The van der Waals surface area contributed by atoms with Crippen LogP contribution < -0.4 is 0 Å². The molecule has 1 amide bonds. The largest absolute Gasteiger partial charge is 0.336 e. The lowest BCUT2D eigenvalue weighted by atomic mass is 10.1. The van der Waals surface area contributed by atoms with E-state index >= 15 is 0 Å². The van der Waals surface area contributed by atoms with Crippen LogP contribution >= 0.6 is 0 Å². The number of hydrogen-bond acceptors (Lipinski definition) is 6. The third-order valence-corrected chi connectivity index (χ3v) is 4.01. The van der Waals surface area contributed by atoms with Gasteiger partial charge in [0.15, 0.2) is 0 Å². The van der Waals surface area contributed by atoms with Gasteiger partial charge in [0.1, 0.15) is 18.5 Å².